The van der Waals surface area contributed by atoms with Crippen LogP contribution < -0.4 is 5.32 Å². The van der Waals surface area contributed by atoms with E-state index in [-0.39, 0.29) is 29.6 Å². The van der Waals surface area contributed by atoms with Gasteiger partial charge < -0.3 is 10.2 Å². The fraction of sp³-hybridized carbons (Fsp3) is 0.385. The van der Waals surface area contributed by atoms with E-state index in [1.807, 2.05) is 0 Å². The van der Waals surface area contributed by atoms with E-state index in [0.717, 1.165) is 0 Å². The van der Waals surface area contributed by atoms with Crippen LogP contribution in [0.1, 0.15) is 16.8 Å². The number of benzene rings is 1. The first-order chi connectivity index (χ1) is 9.10. The van der Waals surface area contributed by atoms with Crippen molar-refractivity contribution in [3.05, 3.63) is 35.6 Å². The van der Waals surface area contributed by atoms with Crippen molar-refractivity contribution in [3.8, 4) is 0 Å². The first-order valence-corrected chi connectivity index (χ1v) is 6.54. The molecule has 0 saturated carbocycles. The molecule has 1 aliphatic heterocycles. The lowest BCUT2D eigenvalue weighted by molar-refractivity contribution is -0.119. The Labute approximate surface area is 115 Å². The van der Waals surface area contributed by atoms with Crippen LogP contribution in [-0.2, 0) is 4.79 Å². The fourth-order valence-corrected chi connectivity index (χ4v) is 2.18. The second-order valence-corrected chi connectivity index (χ2v) is 4.71. The molecule has 1 heterocycles. The summed E-state index contributed by atoms with van der Waals surface area (Å²) in [6, 6.07) is 5.38. The highest BCUT2D eigenvalue weighted by atomic mass is 35.5. The molecule has 1 aromatic rings. The summed E-state index contributed by atoms with van der Waals surface area (Å²) in [6.45, 7) is 1.03. The minimum atomic E-state index is -0.370. The molecule has 1 saturated heterocycles. The van der Waals surface area contributed by atoms with Crippen LogP contribution in [0.3, 0.4) is 0 Å². The summed E-state index contributed by atoms with van der Waals surface area (Å²) in [5.74, 6) is -0.835. The number of nitrogens with zero attached hydrogens (tertiary/aromatic N) is 1. The minimum Gasteiger partial charge on any atom is -0.350 e. The van der Waals surface area contributed by atoms with Crippen molar-refractivity contribution >= 4 is 23.4 Å². The van der Waals surface area contributed by atoms with E-state index in [1.165, 1.54) is 24.3 Å². The van der Waals surface area contributed by atoms with Gasteiger partial charge in [0.05, 0.1) is 0 Å². The highest BCUT2D eigenvalue weighted by Crippen LogP contribution is 2.14. The number of likely N-dealkylation sites (tertiary alicyclic amines) is 1. The van der Waals surface area contributed by atoms with Crippen LogP contribution in [0.2, 0.25) is 0 Å². The first kappa shape index (κ1) is 13.8. The number of carbonyl (C=O) groups is 2. The molecule has 0 radical (unpaired) electrons. The van der Waals surface area contributed by atoms with Crippen molar-refractivity contribution < 1.29 is 14.0 Å². The van der Waals surface area contributed by atoms with E-state index in [9.17, 15) is 14.0 Å². The summed E-state index contributed by atoms with van der Waals surface area (Å²) in [5.41, 5.74) is 0.450. The van der Waals surface area contributed by atoms with Gasteiger partial charge in [-0.15, -0.1) is 11.6 Å². The van der Waals surface area contributed by atoms with Gasteiger partial charge in [0.15, 0.2) is 0 Å². The van der Waals surface area contributed by atoms with Gasteiger partial charge in [0.2, 0.25) is 5.91 Å². The predicted octanol–water partition coefficient (Wildman–Crippen LogP) is 1.40. The second-order valence-electron chi connectivity index (χ2n) is 4.44. The normalized spacial score (nSPS) is 18.4. The van der Waals surface area contributed by atoms with Crippen LogP contribution in [0.25, 0.3) is 0 Å². The molecule has 0 aromatic heterocycles. The average Bonchev–Trinajstić information content (AvgIpc) is 2.87. The Morgan fingerprint density at radius 2 is 2.05 bits per heavy atom. The van der Waals surface area contributed by atoms with Crippen molar-refractivity contribution in [2.75, 3.05) is 19.0 Å². The molecule has 0 spiro atoms. The van der Waals surface area contributed by atoms with E-state index in [1.54, 1.807) is 4.90 Å². The summed E-state index contributed by atoms with van der Waals surface area (Å²) < 4.78 is 12.8. The molecule has 1 atom stereocenters. The number of hydrogen-bond acceptors (Lipinski definition) is 2. The third-order valence-electron chi connectivity index (χ3n) is 3.05. The minimum absolute atomic E-state index is 0.0596. The molecule has 2 amide bonds. The zero-order valence-electron chi connectivity index (χ0n) is 10.2. The largest absolute Gasteiger partial charge is 0.350 e. The highest BCUT2D eigenvalue weighted by molar-refractivity contribution is 6.27. The number of carbonyl (C=O) groups excluding carboxylic acids is 2. The number of alkyl halides is 1. The van der Waals surface area contributed by atoms with Gasteiger partial charge in [-0.05, 0) is 30.7 Å². The Morgan fingerprint density at radius 3 is 2.68 bits per heavy atom. The summed E-state index contributed by atoms with van der Waals surface area (Å²) in [5, 5.41) is 2.75. The number of nitrogens with one attached hydrogen (secondary N) is 1. The van der Waals surface area contributed by atoms with Crippen LogP contribution >= 0.6 is 11.6 Å². The van der Waals surface area contributed by atoms with Crippen LogP contribution in [-0.4, -0.2) is 41.7 Å². The van der Waals surface area contributed by atoms with E-state index in [0.29, 0.717) is 25.1 Å². The molecule has 0 bridgehead atoms. The summed E-state index contributed by atoms with van der Waals surface area (Å²) in [7, 11) is 0. The lowest BCUT2D eigenvalue weighted by atomic mass is 10.2. The number of amides is 2. The predicted molar refractivity (Wildman–Crippen MR) is 69.6 cm³/mol. The van der Waals surface area contributed by atoms with Crippen LogP contribution in [0.5, 0.6) is 0 Å². The molecule has 1 aliphatic rings. The molecule has 2 rings (SSSR count). The average molecular weight is 285 g/mol. The molecule has 19 heavy (non-hydrogen) atoms. The van der Waals surface area contributed by atoms with E-state index < -0.39 is 0 Å². The highest BCUT2D eigenvalue weighted by Gasteiger charge is 2.27. The van der Waals surface area contributed by atoms with Gasteiger partial charge in [-0.1, -0.05) is 0 Å². The van der Waals surface area contributed by atoms with E-state index >= 15 is 0 Å². The lowest BCUT2D eigenvalue weighted by Gasteiger charge is -2.17. The van der Waals surface area contributed by atoms with Crippen molar-refractivity contribution in [1.82, 2.24) is 10.2 Å². The molecule has 0 aliphatic carbocycles. The van der Waals surface area contributed by atoms with Gasteiger partial charge in [-0.3, -0.25) is 9.59 Å². The maximum absolute atomic E-state index is 12.8. The summed E-state index contributed by atoms with van der Waals surface area (Å²) in [6.07, 6.45) is 0.704. The molecule has 1 aromatic carbocycles. The monoisotopic (exact) mass is 284 g/mol. The van der Waals surface area contributed by atoms with Crippen LogP contribution in [0, 0.1) is 5.82 Å². The number of halogens is 2. The number of rotatable bonds is 3. The third-order valence-corrected chi connectivity index (χ3v) is 3.30. The van der Waals surface area contributed by atoms with Gasteiger partial charge in [-0.2, -0.15) is 0 Å². The Hall–Kier alpha value is -1.62. The molecule has 6 heteroatoms. The van der Waals surface area contributed by atoms with Gasteiger partial charge in [0, 0.05) is 24.7 Å². The Balaban J connectivity index is 1.95. The van der Waals surface area contributed by atoms with Gasteiger partial charge >= 0.3 is 0 Å². The van der Waals surface area contributed by atoms with Crippen molar-refractivity contribution in [1.29, 1.82) is 0 Å². The quantitative estimate of drug-likeness (QED) is 0.853. The van der Waals surface area contributed by atoms with Crippen molar-refractivity contribution in [2.45, 2.75) is 12.5 Å². The van der Waals surface area contributed by atoms with Gasteiger partial charge in [0.1, 0.15) is 11.7 Å². The Kier molecular flexibility index (Phi) is 4.37. The third kappa shape index (κ3) is 3.44. The molecule has 4 nitrogen and oxygen atoms in total. The summed E-state index contributed by atoms with van der Waals surface area (Å²) >= 11 is 5.41. The standard InChI is InChI=1S/C13H14ClFN2O2/c14-7-12(18)16-11-5-6-17(8-11)13(19)9-1-3-10(15)4-2-9/h1-4,11H,5-8H2,(H,16,18)/t11-/m1/s1. The summed E-state index contributed by atoms with van der Waals surface area (Å²) in [4.78, 5) is 24.9. The van der Waals surface area contributed by atoms with Crippen LogP contribution in [0.4, 0.5) is 4.39 Å². The van der Waals surface area contributed by atoms with E-state index in [4.69, 9.17) is 11.6 Å². The first-order valence-electron chi connectivity index (χ1n) is 6.00. The lowest BCUT2D eigenvalue weighted by Crippen LogP contribution is -2.39. The molecule has 102 valence electrons. The molecule has 1 fully saturated rings. The maximum Gasteiger partial charge on any atom is 0.253 e. The smallest absolute Gasteiger partial charge is 0.253 e. The van der Waals surface area contributed by atoms with E-state index in [2.05, 4.69) is 5.32 Å². The van der Waals surface area contributed by atoms with Gasteiger partial charge in [-0.25, -0.2) is 4.39 Å². The van der Waals surface area contributed by atoms with Crippen molar-refractivity contribution in [2.24, 2.45) is 0 Å². The van der Waals surface area contributed by atoms with Gasteiger partial charge in [0.25, 0.3) is 5.91 Å². The molecule has 1 N–H and O–H groups in total. The SMILES string of the molecule is O=C(CCl)N[C@@H]1CCN(C(=O)c2ccc(F)cc2)C1. The Bertz CT molecular complexity index is 478. The fourth-order valence-electron chi connectivity index (χ4n) is 2.10. The van der Waals surface area contributed by atoms with Crippen molar-refractivity contribution in [3.63, 3.8) is 0 Å². The topological polar surface area (TPSA) is 49.4 Å². The Morgan fingerprint density at radius 1 is 1.37 bits per heavy atom. The zero-order chi connectivity index (χ0) is 13.8. The zero-order valence-corrected chi connectivity index (χ0v) is 11.0. The molecular weight excluding hydrogens is 271 g/mol. The number of hydrogen-bond donors (Lipinski definition) is 1. The molecular formula is C13H14ClFN2O2. The molecule has 0 unspecified atom stereocenters. The van der Waals surface area contributed by atoms with Crippen LogP contribution in [0.15, 0.2) is 24.3 Å². The second kappa shape index (κ2) is 6.02. The maximum atomic E-state index is 12.8.